The zero-order chi connectivity index (χ0) is 13.0. The van der Waals surface area contributed by atoms with Crippen molar-refractivity contribution in [3.05, 3.63) is 53.9 Å². The molecule has 1 aromatic carbocycles. The van der Waals surface area contributed by atoms with Gasteiger partial charge in [0.25, 0.3) is 0 Å². The first kappa shape index (κ1) is 12.3. The third-order valence-corrected chi connectivity index (χ3v) is 2.52. The van der Waals surface area contributed by atoms with Crippen LogP contribution in [-0.2, 0) is 6.54 Å². The maximum atomic E-state index is 13.4. The molecule has 2 aromatic rings. The molecule has 0 fully saturated rings. The Morgan fingerprint density at radius 3 is 2.67 bits per heavy atom. The van der Waals surface area contributed by atoms with E-state index in [-0.39, 0.29) is 12.1 Å². The van der Waals surface area contributed by atoms with Gasteiger partial charge < -0.3 is 10.6 Å². The van der Waals surface area contributed by atoms with E-state index in [4.69, 9.17) is 0 Å². The van der Waals surface area contributed by atoms with Crippen molar-refractivity contribution in [3.8, 4) is 0 Å². The number of rotatable bonds is 4. The van der Waals surface area contributed by atoms with Crippen molar-refractivity contribution in [2.24, 2.45) is 0 Å². The van der Waals surface area contributed by atoms with Crippen LogP contribution in [0.1, 0.15) is 5.56 Å². The standard InChI is InChI=1S/C13H13F2N3/c1-16-11-5-12(8-17-7-11)18-6-9-4-10(14)2-3-13(9)15/h2-5,7-8,16,18H,6H2,1H3. The van der Waals surface area contributed by atoms with Gasteiger partial charge in [0.1, 0.15) is 11.6 Å². The van der Waals surface area contributed by atoms with E-state index in [0.717, 1.165) is 23.5 Å². The molecule has 0 radical (unpaired) electrons. The van der Waals surface area contributed by atoms with Gasteiger partial charge in [0.2, 0.25) is 0 Å². The zero-order valence-corrected chi connectivity index (χ0v) is 9.87. The molecule has 0 aliphatic carbocycles. The van der Waals surface area contributed by atoms with E-state index in [1.165, 1.54) is 6.07 Å². The van der Waals surface area contributed by atoms with Crippen LogP contribution in [0.5, 0.6) is 0 Å². The number of hydrogen-bond acceptors (Lipinski definition) is 3. The lowest BCUT2D eigenvalue weighted by molar-refractivity contribution is 0.587. The third kappa shape index (κ3) is 2.94. The third-order valence-electron chi connectivity index (χ3n) is 2.52. The van der Waals surface area contributed by atoms with Crippen LogP contribution in [0.3, 0.4) is 0 Å². The fraction of sp³-hybridized carbons (Fsp3) is 0.154. The van der Waals surface area contributed by atoms with Gasteiger partial charge in [0.15, 0.2) is 0 Å². The fourth-order valence-electron chi connectivity index (χ4n) is 1.55. The Bertz CT molecular complexity index is 544. The van der Waals surface area contributed by atoms with Gasteiger partial charge in [-0.2, -0.15) is 0 Å². The monoisotopic (exact) mass is 249 g/mol. The molecule has 0 saturated heterocycles. The maximum Gasteiger partial charge on any atom is 0.128 e. The number of nitrogens with zero attached hydrogens (tertiary/aromatic N) is 1. The minimum atomic E-state index is -0.449. The summed E-state index contributed by atoms with van der Waals surface area (Å²) in [7, 11) is 1.78. The molecule has 0 unspecified atom stereocenters. The van der Waals surface area contributed by atoms with E-state index in [9.17, 15) is 8.78 Å². The molecule has 5 heteroatoms. The van der Waals surface area contributed by atoms with Crippen molar-refractivity contribution in [2.75, 3.05) is 17.7 Å². The van der Waals surface area contributed by atoms with Gasteiger partial charge in [-0.15, -0.1) is 0 Å². The Kier molecular flexibility index (Phi) is 3.72. The minimum Gasteiger partial charge on any atom is -0.387 e. The van der Waals surface area contributed by atoms with E-state index in [2.05, 4.69) is 15.6 Å². The lowest BCUT2D eigenvalue weighted by Gasteiger charge is -2.08. The van der Waals surface area contributed by atoms with E-state index in [1.807, 2.05) is 6.07 Å². The maximum absolute atomic E-state index is 13.4. The number of halogens is 2. The summed E-state index contributed by atoms with van der Waals surface area (Å²) in [5, 5.41) is 5.94. The molecule has 18 heavy (non-hydrogen) atoms. The van der Waals surface area contributed by atoms with Crippen molar-refractivity contribution < 1.29 is 8.78 Å². The number of pyridine rings is 1. The topological polar surface area (TPSA) is 37.0 Å². The molecule has 0 amide bonds. The van der Waals surface area contributed by atoms with E-state index in [1.54, 1.807) is 19.4 Å². The highest BCUT2D eigenvalue weighted by atomic mass is 19.1. The summed E-state index contributed by atoms with van der Waals surface area (Å²) in [6.45, 7) is 0.207. The molecule has 1 heterocycles. The summed E-state index contributed by atoms with van der Waals surface area (Å²) < 4.78 is 26.4. The van der Waals surface area contributed by atoms with Crippen LogP contribution in [0.2, 0.25) is 0 Å². The second kappa shape index (κ2) is 5.44. The zero-order valence-electron chi connectivity index (χ0n) is 9.87. The highest BCUT2D eigenvalue weighted by Crippen LogP contribution is 2.15. The predicted octanol–water partition coefficient (Wildman–Crippen LogP) is 3.01. The summed E-state index contributed by atoms with van der Waals surface area (Å²) in [6, 6.07) is 5.23. The van der Waals surface area contributed by atoms with Gasteiger partial charge in [-0.1, -0.05) is 0 Å². The van der Waals surface area contributed by atoms with E-state index >= 15 is 0 Å². The van der Waals surface area contributed by atoms with Crippen molar-refractivity contribution in [1.29, 1.82) is 0 Å². The first-order chi connectivity index (χ1) is 8.69. The molecular weight excluding hydrogens is 236 g/mol. The molecule has 2 rings (SSSR count). The highest BCUT2D eigenvalue weighted by molar-refractivity contribution is 5.53. The summed E-state index contributed by atoms with van der Waals surface area (Å²) in [6.07, 6.45) is 3.30. The Balaban J connectivity index is 2.08. The lowest BCUT2D eigenvalue weighted by atomic mass is 10.2. The molecule has 0 aliphatic heterocycles. The second-order valence-electron chi connectivity index (χ2n) is 3.80. The van der Waals surface area contributed by atoms with Gasteiger partial charge >= 0.3 is 0 Å². The number of benzene rings is 1. The Morgan fingerprint density at radius 2 is 1.89 bits per heavy atom. The van der Waals surface area contributed by atoms with Gasteiger partial charge in [-0.3, -0.25) is 4.98 Å². The molecule has 94 valence electrons. The number of nitrogens with one attached hydrogen (secondary N) is 2. The van der Waals surface area contributed by atoms with Crippen LogP contribution in [0, 0.1) is 11.6 Å². The molecule has 0 saturated carbocycles. The lowest BCUT2D eigenvalue weighted by Crippen LogP contribution is -2.03. The molecular formula is C13H13F2N3. The average Bonchev–Trinajstić information content (AvgIpc) is 2.40. The van der Waals surface area contributed by atoms with Gasteiger partial charge in [0.05, 0.1) is 23.8 Å². The average molecular weight is 249 g/mol. The molecule has 0 atom stereocenters. The fourth-order valence-corrected chi connectivity index (χ4v) is 1.55. The number of anilines is 2. The SMILES string of the molecule is CNc1cncc(NCc2cc(F)ccc2F)c1. The van der Waals surface area contributed by atoms with Crippen LogP contribution >= 0.6 is 0 Å². The quantitative estimate of drug-likeness (QED) is 0.874. The predicted molar refractivity (Wildman–Crippen MR) is 67.5 cm³/mol. The van der Waals surface area contributed by atoms with Crippen LogP contribution < -0.4 is 10.6 Å². The van der Waals surface area contributed by atoms with Crippen LogP contribution in [0.4, 0.5) is 20.2 Å². The van der Waals surface area contributed by atoms with E-state index < -0.39 is 11.6 Å². The van der Waals surface area contributed by atoms with Crippen molar-refractivity contribution in [1.82, 2.24) is 4.98 Å². The molecule has 1 aromatic heterocycles. The van der Waals surface area contributed by atoms with Gasteiger partial charge in [-0.25, -0.2) is 8.78 Å². The van der Waals surface area contributed by atoms with Crippen LogP contribution in [0.25, 0.3) is 0 Å². The first-order valence-corrected chi connectivity index (χ1v) is 5.49. The van der Waals surface area contributed by atoms with Crippen LogP contribution in [-0.4, -0.2) is 12.0 Å². The molecule has 0 spiro atoms. The number of aromatic nitrogens is 1. The summed E-state index contributed by atoms with van der Waals surface area (Å²) >= 11 is 0. The van der Waals surface area contributed by atoms with Crippen molar-refractivity contribution >= 4 is 11.4 Å². The van der Waals surface area contributed by atoms with E-state index in [0.29, 0.717) is 0 Å². The Morgan fingerprint density at radius 1 is 1.11 bits per heavy atom. The van der Waals surface area contributed by atoms with Crippen molar-refractivity contribution in [3.63, 3.8) is 0 Å². The second-order valence-corrected chi connectivity index (χ2v) is 3.80. The minimum absolute atomic E-state index is 0.207. The highest BCUT2D eigenvalue weighted by Gasteiger charge is 2.04. The molecule has 2 N–H and O–H groups in total. The largest absolute Gasteiger partial charge is 0.387 e. The Hall–Kier alpha value is -2.17. The van der Waals surface area contributed by atoms with Gasteiger partial charge in [0, 0.05) is 19.2 Å². The summed E-state index contributed by atoms with van der Waals surface area (Å²) in [5.74, 6) is -0.878. The van der Waals surface area contributed by atoms with Gasteiger partial charge in [-0.05, 0) is 24.3 Å². The Labute approximate surface area is 104 Å². The van der Waals surface area contributed by atoms with Crippen LogP contribution in [0.15, 0.2) is 36.7 Å². The summed E-state index contributed by atoms with van der Waals surface area (Å²) in [4.78, 5) is 4.01. The summed E-state index contributed by atoms with van der Waals surface area (Å²) in [5.41, 5.74) is 1.87. The van der Waals surface area contributed by atoms with Crippen molar-refractivity contribution in [2.45, 2.75) is 6.54 Å². The number of hydrogen-bond donors (Lipinski definition) is 2. The smallest absolute Gasteiger partial charge is 0.128 e. The molecule has 0 aliphatic rings. The normalized spacial score (nSPS) is 10.2. The molecule has 3 nitrogen and oxygen atoms in total. The first-order valence-electron chi connectivity index (χ1n) is 5.49. The molecule has 0 bridgehead atoms.